The molecule has 0 bridgehead atoms. The van der Waals surface area contributed by atoms with Gasteiger partial charge in [0.1, 0.15) is 17.2 Å². The number of fused-ring (bicyclic) bond motifs is 2. The van der Waals surface area contributed by atoms with Crippen LogP contribution in [0, 0.1) is 5.82 Å². The first-order chi connectivity index (χ1) is 21.1. The van der Waals surface area contributed by atoms with Crippen molar-refractivity contribution in [1.82, 2.24) is 25.2 Å². The summed E-state index contributed by atoms with van der Waals surface area (Å²) in [6, 6.07) is 8.98. The molecule has 2 aromatic carbocycles. The van der Waals surface area contributed by atoms with Crippen LogP contribution in [-0.2, 0) is 14.3 Å². The third kappa shape index (κ3) is 7.77. The van der Waals surface area contributed by atoms with Crippen LogP contribution < -0.4 is 16.6 Å². The number of H-pyrrole nitrogens is 2. The number of ether oxygens (including phenoxy) is 2. The fourth-order valence-electron chi connectivity index (χ4n) is 4.90. The molecule has 0 radical (unpaired) electrons. The van der Waals surface area contributed by atoms with E-state index in [0.717, 1.165) is 0 Å². The van der Waals surface area contributed by atoms with Gasteiger partial charge in [-0.05, 0) is 43.2 Å². The van der Waals surface area contributed by atoms with Gasteiger partial charge in [0.15, 0.2) is 0 Å². The molecule has 0 unspecified atom stereocenters. The van der Waals surface area contributed by atoms with Crippen molar-refractivity contribution < 1.29 is 33.7 Å². The Bertz CT molecular complexity index is 1670. The molecule has 2 aromatic heterocycles. The Morgan fingerprint density at radius 2 is 1.80 bits per heavy atom. The minimum absolute atomic E-state index is 0.0136. The zero-order valence-corrected chi connectivity index (χ0v) is 24.6. The predicted octanol–water partition coefficient (Wildman–Crippen LogP) is 1.54. The molecular formula is C30H37FN6O7. The summed E-state index contributed by atoms with van der Waals surface area (Å²) in [4.78, 5) is 49.7. The SMILES string of the molecule is COCCN(CCOC)C(=O)C[C@H](O)C[C@H](O)CCNC(=O)c1ccc2nc(-c3c(N)c4c(F)cccc4[nH]c3=O)[nH]c2c1. The van der Waals surface area contributed by atoms with Crippen molar-refractivity contribution >= 4 is 39.4 Å². The van der Waals surface area contributed by atoms with Crippen molar-refractivity contribution in [3.63, 3.8) is 0 Å². The van der Waals surface area contributed by atoms with Crippen molar-refractivity contribution in [2.24, 2.45) is 0 Å². The number of carbonyl (C=O) groups is 2. The maximum absolute atomic E-state index is 14.5. The summed E-state index contributed by atoms with van der Waals surface area (Å²) >= 11 is 0. The number of halogens is 1. The first kappa shape index (κ1) is 32.5. The number of aromatic amines is 2. The van der Waals surface area contributed by atoms with E-state index in [9.17, 15) is 29.0 Å². The number of carbonyl (C=O) groups excluding carboxylic acids is 2. The minimum atomic E-state index is -1.06. The molecule has 14 heteroatoms. The van der Waals surface area contributed by atoms with Gasteiger partial charge in [-0.15, -0.1) is 0 Å². The number of imidazole rings is 1. The predicted molar refractivity (Wildman–Crippen MR) is 163 cm³/mol. The van der Waals surface area contributed by atoms with E-state index in [0.29, 0.717) is 42.9 Å². The van der Waals surface area contributed by atoms with Gasteiger partial charge in [0.25, 0.3) is 11.5 Å². The molecule has 236 valence electrons. The number of pyridine rings is 1. The highest BCUT2D eigenvalue weighted by Crippen LogP contribution is 2.30. The van der Waals surface area contributed by atoms with E-state index in [1.54, 1.807) is 24.3 Å². The molecule has 13 nitrogen and oxygen atoms in total. The minimum Gasteiger partial charge on any atom is -0.397 e. The molecule has 44 heavy (non-hydrogen) atoms. The summed E-state index contributed by atoms with van der Waals surface area (Å²) in [6.07, 6.45) is -2.04. The van der Waals surface area contributed by atoms with Crippen LogP contribution in [-0.4, -0.2) is 101 Å². The summed E-state index contributed by atoms with van der Waals surface area (Å²) in [7, 11) is 3.07. The van der Waals surface area contributed by atoms with Crippen LogP contribution in [0.1, 0.15) is 29.6 Å². The second-order valence-electron chi connectivity index (χ2n) is 10.4. The lowest BCUT2D eigenvalue weighted by molar-refractivity contribution is -0.134. The Morgan fingerprint density at radius 1 is 1.07 bits per heavy atom. The molecule has 2 heterocycles. The fourth-order valence-corrected chi connectivity index (χ4v) is 4.90. The topological polar surface area (TPSA) is 196 Å². The van der Waals surface area contributed by atoms with E-state index in [1.165, 1.54) is 31.3 Å². The highest BCUT2D eigenvalue weighted by molar-refractivity contribution is 6.00. The van der Waals surface area contributed by atoms with Gasteiger partial charge in [0.2, 0.25) is 5.91 Å². The van der Waals surface area contributed by atoms with Crippen molar-refractivity contribution in [2.45, 2.75) is 31.5 Å². The second-order valence-corrected chi connectivity index (χ2v) is 10.4. The smallest absolute Gasteiger partial charge is 0.261 e. The molecule has 0 saturated heterocycles. The number of nitrogens with zero attached hydrogens (tertiary/aromatic N) is 2. The number of anilines is 1. The number of hydrogen-bond donors (Lipinski definition) is 6. The van der Waals surface area contributed by atoms with Gasteiger partial charge in [-0.2, -0.15) is 0 Å². The van der Waals surface area contributed by atoms with Crippen molar-refractivity contribution in [3.8, 4) is 11.4 Å². The summed E-state index contributed by atoms with van der Waals surface area (Å²) in [5.74, 6) is -1.14. The van der Waals surface area contributed by atoms with Crippen LogP contribution in [0.5, 0.6) is 0 Å². The lowest BCUT2D eigenvalue weighted by Crippen LogP contribution is -2.38. The maximum atomic E-state index is 14.5. The number of aromatic nitrogens is 3. The Morgan fingerprint density at radius 3 is 2.50 bits per heavy atom. The normalized spacial score (nSPS) is 12.8. The van der Waals surface area contributed by atoms with E-state index in [-0.39, 0.29) is 59.7 Å². The number of aliphatic hydroxyl groups excluding tert-OH is 2. The van der Waals surface area contributed by atoms with Crippen LogP contribution in [0.4, 0.5) is 10.1 Å². The van der Waals surface area contributed by atoms with Gasteiger partial charge >= 0.3 is 0 Å². The zero-order valence-electron chi connectivity index (χ0n) is 24.6. The van der Waals surface area contributed by atoms with Crippen molar-refractivity contribution in [2.75, 3.05) is 52.8 Å². The maximum Gasteiger partial charge on any atom is 0.261 e. The average molecular weight is 613 g/mol. The van der Waals surface area contributed by atoms with E-state index in [2.05, 4.69) is 20.3 Å². The Labute approximate surface area is 252 Å². The second kappa shape index (κ2) is 14.9. The molecule has 2 amide bonds. The number of nitrogens with one attached hydrogen (secondary N) is 3. The lowest BCUT2D eigenvalue weighted by atomic mass is 10.1. The van der Waals surface area contributed by atoms with Crippen LogP contribution >= 0.6 is 0 Å². The van der Waals surface area contributed by atoms with E-state index >= 15 is 0 Å². The number of nitrogen functional groups attached to an aromatic ring is 1. The standard InChI is InChI=1S/C30H37FN6O7/c1-43-12-10-37(11-13-44-2)24(40)16-19(39)15-18(38)8-9-33-29(41)17-6-7-21-23(14-17)35-28(34-21)26-27(32)25-20(31)4-3-5-22(25)36-30(26)42/h3-7,14,18-19,38-39H,8-13,15-16H2,1-2H3,(H,33,41)(H,34,35)(H3,32,36,42)/t18-,19-/m1/s1. The highest BCUT2D eigenvalue weighted by atomic mass is 19.1. The van der Waals surface area contributed by atoms with Gasteiger partial charge in [-0.25, -0.2) is 9.37 Å². The van der Waals surface area contributed by atoms with E-state index in [4.69, 9.17) is 15.2 Å². The number of nitrogens with two attached hydrogens (primary N) is 1. The van der Waals surface area contributed by atoms with Gasteiger partial charge in [0.05, 0.1) is 59.5 Å². The monoisotopic (exact) mass is 612 g/mol. The summed E-state index contributed by atoms with van der Waals surface area (Å²) in [6.45, 7) is 1.54. The Kier molecular flexibility index (Phi) is 11.0. The largest absolute Gasteiger partial charge is 0.397 e. The van der Waals surface area contributed by atoms with Gasteiger partial charge in [0, 0.05) is 39.4 Å². The van der Waals surface area contributed by atoms with E-state index in [1.807, 2.05) is 0 Å². The Balaban J connectivity index is 1.34. The third-order valence-corrected chi connectivity index (χ3v) is 7.21. The van der Waals surface area contributed by atoms with Crippen molar-refractivity contribution in [1.29, 1.82) is 0 Å². The highest BCUT2D eigenvalue weighted by Gasteiger charge is 2.21. The molecule has 0 saturated carbocycles. The van der Waals surface area contributed by atoms with Gasteiger partial charge in [-0.1, -0.05) is 6.07 Å². The number of aliphatic hydroxyl groups is 2. The first-order valence-corrected chi connectivity index (χ1v) is 14.1. The van der Waals surface area contributed by atoms with Gasteiger partial charge < -0.3 is 45.6 Å². The molecule has 0 spiro atoms. The van der Waals surface area contributed by atoms with Gasteiger partial charge in [-0.3, -0.25) is 14.4 Å². The number of benzene rings is 2. The van der Waals surface area contributed by atoms with Crippen LogP contribution in [0.2, 0.25) is 0 Å². The average Bonchev–Trinajstić information content (AvgIpc) is 3.39. The summed E-state index contributed by atoms with van der Waals surface area (Å²) < 4.78 is 24.5. The fraction of sp³-hybridized carbons (Fsp3) is 0.400. The molecule has 0 aliphatic carbocycles. The van der Waals surface area contributed by atoms with Crippen molar-refractivity contribution in [3.05, 3.63) is 58.1 Å². The molecular weight excluding hydrogens is 575 g/mol. The summed E-state index contributed by atoms with van der Waals surface area (Å²) in [5.41, 5.74) is 7.06. The van der Waals surface area contributed by atoms with E-state index < -0.39 is 29.5 Å². The first-order valence-electron chi connectivity index (χ1n) is 14.1. The summed E-state index contributed by atoms with van der Waals surface area (Å²) in [5, 5.41) is 23.5. The number of hydrogen-bond acceptors (Lipinski definition) is 9. The van der Waals surface area contributed by atoms with Crippen LogP contribution in [0.3, 0.4) is 0 Å². The number of amides is 2. The molecule has 0 aliphatic heterocycles. The molecule has 4 aromatic rings. The Hall–Kier alpha value is -4.37. The molecule has 0 aliphatic rings. The third-order valence-electron chi connectivity index (χ3n) is 7.21. The lowest BCUT2D eigenvalue weighted by Gasteiger charge is -2.24. The zero-order chi connectivity index (χ0) is 31.8. The molecule has 0 fully saturated rings. The molecule has 2 atom stereocenters. The number of methoxy groups -OCH3 is 2. The quantitative estimate of drug-likeness (QED) is 0.115. The van der Waals surface area contributed by atoms with Crippen LogP contribution in [0.25, 0.3) is 33.3 Å². The van der Waals surface area contributed by atoms with Crippen LogP contribution in [0.15, 0.2) is 41.2 Å². The number of rotatable bonds is 15. The molecule has 4 rings (SSSR count). The molecule has 7 N–H and O–H groups in total.